The molecular weight excluding hydrogens is 364 g/mol. The molecule has 1 heterocycles. The molecule has 0 bridgehead atoms. The van der Waals surface area contributed by atoms with Gasteiger partial charge in [0.05, 0.1) is 6.61 Å². The van der Waals surface area contributed by atoms with E-state index in [2.05, 4.69) is 15.9 Å². The van der Waals surface area contributed by atoms with Crippen molar-refractivity contribution in [2.24, 2.45) is 0 Å². The molecule has 0 atom stereocenters. The molecule has 0 N–H and O–H groups in total. The van der Waals surface area contributed by atoms with Crippen molar-refractivity contribution in [1.82, 2.24) is 0 Å². The third-order valence-corrected chi connectivity index (χ3v) is 4.05. The highest BCUT2D eigenvalue weighted by atomic mass is 79.9. The number of carbonyl (C=O) groups excluding carboxylic acids is 1. The average molecular weight is 379 g/mol. The van der Waals surface area contributed by atoms with Gasteiger partial charge in [-0.25, -0.2) is 4.79 Å². The fourth-order valence-corrected chi connectivity index (χ4v) is 2.64. The highest BCUT2D eigenvalue weighted by molar-refractivity contribution is 9.10. The molecule has 23 heavy (non-hydrogen) atoms. The van der Waals surface area contributed by atoms with Crippen molar-refractivity contribution >= 4 is 21.9 Å². The molecule has 0 radical (unpaired) electrons. The summed E-state index contributed by atoms with van der Waals surface area (Å²) in [5.41, 5.74) is 1.21. The predicted molar refractivity (Wildman–Crippen MR) is 87.0 cm³/mol. The first-order chi connectivity index (χ1) is 11.2. The summed E-state index contributed by atoms with van der Waals surface area (Å²) in [7, 11) is 0. The van der Waals surface area contributed by atoms with Crippen LogP contribution in [0.15, 0.2) is 40.9 Å². The highest BCUT2D eigenvalue weighted by Gasteiger charge is 2.18. The van der Waals surface area contributed by atoms with Gasteiger partial charge in [0.1, 0.15) is 17.9 Å². The number of rotatable bonds is 5. The molecule has 3 rings (SSSR count). The van der Waals surface area contributed by atoms with Crippen LogP contribution in [-0.2, 0) is 11.3 Å². The van der Waals surface area contributed by atoms with E-state index in [0.29, 0.717) is 29.4 Å². The number of carbonyl (C=O) groups is 1. The molecule has 120 valence electrons. The minimum absolute atomic E-state index is 0.122. The zero-order valence-electron chi connectivity index (χ0n) is 12.5. The first-order valence-electron chi connectivity index (χ1n) is 7.16. The summed E-state index contributed by atoms with van der Waals surface area (Å²) < 4.78 is 22.3. The third kappa shape index (κ3) is 3.42. The Morgan fingerprint density at radius 2 is 1.96 bits per heavy atom. The largest absolute Gasteiger partial charge is 0.493 e. The van der Waals surface area contributed by atoms with Crippen LogP contribution < -0.4 is 14.2 Å². The number of fused-ring (bicyclic) bond motifs is 1. The summed E-state index contributed by atoms with van der Waals surface area (Å²) in [6, 6.07) is 10.6. The summed E-state index contributed by atoms with van der Waals surface area (Å²) in [5.74, 6) is 1.41. The fraction of sp³-hybridized carbons (Fsp3) is 0.235. The second-order valence-corrected chi connectivity index (χ2v) is 5.66. The van der Waals surface area contributed by atoms with E-state index in [-0.39, 0.29) is 13.4 Å². The Balaban J connectivity index is 1.72. The molecule has 0 amide bonds. The van der Waals surface area contributed by atoms with Gasteiger partial charge in [0, 0.05) is 10.0 Å². The molecule has 1 aliphatic heterocycles. The quantitative estimate of drug-likeness (QED) is 0.737. The van der Waals surface area contributed by atoms with Crippen LogP contribution >= 0.6 is 15.9 Å². The molecule has 0 aliphatic carbocycles. The predicted octanol–water partition coefficient (Wildman–Crippen LogP) is 3.93. The van der Waals surface area contributed by atoms with E-state index in [1.54, 1.807) is 30.3 Å². The van der Waals surface area contributed by atoms with Gasteiger partial charge in [-0.05, 0) is 31.2 Å². The van der Waals surface area contributed by atoms with Crippen molar-refractivity contribution in [2.75, 3.05) is 13.4 Å². The molecule has 0 saturated heterocycles. The van der Waals surface area contributed by atoms with Crippen molar-refractivity contribution in [2.45, 2.75) is 13.5 Å². The maximum Gasteiger partial charge on any atom is 0.342 e. The Bertz CT molecular complexity index is 729. The van der Waals surface area contributed by atoms with E-state index in [1.165, 1.54) is 0 Å². The fourth-order valence-electron chi connectivity index (χ4n) is 2.21. The summed E-state index contributed by atoms with van der Waals surface area (Å²) >= 11 is 3.44. The van der Waals surface area contributed by atoms with Crippen molar-refractivity contribution in [3.05, 3.63) is 52.0 Å². The van der Waals surface area contributed by atoms with Gasteiger partial charge in [0.15, 0.2) is 11.5 Å². The van der Waals surface area contributed by atoms with Gasteiger partial charge >= 0.3 is 5.97 Å². The molecule has 1 aliphatic rings. The second kappa shape index (κ2) is 6.91. The second-order valence-electron chi connectivity index (χ2n) is 4.80. The van der Waals surface area contributed by atoms with Gasteiger partial charge in [-0.2, -0.15) is 0 Å². The van der Waals surface area contributed by atoms with Crippen LogP contribution in [-0.4, -0.2) is 19.4 Å². The maximum absolute atomic E-state index is 12.3. The van der Waals surface area contributed by atoms with Crippen molar-refractivity contribution in [1.29, 1.82) is 0 Å². The van der Waals surface area contributed by atoms with Gasteiger partial charge < -0.3 is 18.9 Å². The molecule has 0 saturated carbocycles. The first-order valence-corrected chi connectivity index (χ1v) is 7.95. The lowest BCUT2D eigenvalue weighted by molar-refractivity contribution is 0.0467. The minimum atomic E-state index is -0.432. The van der Waals surface area contributed by atoms with Crippen LogP contribution in [0.5, 0.6) is 17.2 Å². The van der Waals surface area contributed by atoms with Crippen LogP contribution in [0.2, 0.25) is 0 Å². The number of hydrogen-bond donors (Lipinski definition) is 0. The van der Waals surface area contributed by atoms with Gasteiger partial charge in [-0.1, -0.05) is 28.1 Å². The lowest BCUT2D eigenvalue weighted by Gasteiger charge is -2.11. The van der Waals surface area contributed by atoms with E-state index < -0.39 is 5.97 Å². The number of hydrogen-bond acceptors (Lipinski definition) is 5. The summed E-state index contributed by atoms with van der Waals surface area (Å²) in [4.78, 5) is 12.3. The van der Waals surface area contributed by atoms with E-state index in [0.717, 1.165) is 10.0 Å². The number of ether oxygens (including phenoxy) is 4. The van der Waals surface area contributed by atoms with E-state index in [9.17, 15) is 4.79 Å². The minimum Gasteiger partial charge on any atom is -0.493 e. The normalized spacial score (nSPS) is 12.1. The Morgan fingerprint density at radius 1 is 1.22 bits per heavy atom. The molecule has 0 unspecified atom stereocenters. The lowest BCUT2D eigenvalue weighted by Crippen LogP contribution is -2.08. The molecule has 2 aromatic rings. The number of halogens is 1. The monoisotopic (exact) mass is 378 g/mol. The number of benzene rings is 2. The zero-order chi connectivity index (χ0) is 16.2. The number of para-hydroxylation sites is 1. The molecule has 2 aromatic carbocycles. The SMILES string of the molecule is CCOc1ccccc1C(=O)OCc1cc2c(cc1Br)OCO2. The Morgan fingerprint density at radius 3 is 2.74 bits per heavy atom. The van der Waals surface area contributed by atoms with Gasteiger partial charge in [0.25, 0.3) is 0 Å². The van der Waals surface area contributed by atoms with Gasteiger partial charge in [-0.3, -0.25) is 0 Å². The lowest BCUT2D eigenvalue weighted by atomic mass is 10.2. The summed E-state index contributed by atoms with van der Waals surface area (Å²) in [6.45, 7) is 2.67. The van der Waals surface area contributed by atoms with Crippen LogP contribution in [0.1, 0.15) is 22.8 Å². The highest BCUT2D eigenvalue weighted by Crippen LogP contribution is 2.37. The molecule has 0 aromatic heterocycles. The third-order valence-electron chi connectivity index (χ3n) is 3.31. The standard InChI is InChI=1S/C17H15BrO5/c1-2-20-14-6-4-3-5-12(14)17(19)21-9-11-7-15-16(8-13(11)18)23-10-22-15/h3-8H,2,9-10H2,1H3. The smallest absolute Gasteiger partial charge is 0.342 e. The average Bonchev–Trinajstić information content (AvgIpc) is 3.00. The Hall–Kier alpha value is -2.21. The van der Waals surface area contributed by atoms with Crippen molar-refractivity contribution in [3.63, 3.8) is 0 Å². The van der Waals surface area contributed by atoms with Gasteiger partial charge in [0.2, 0.25) is 6.79 Å². The van der Waals surface area contributed by atoms with Gasteiger partial charge in [-0.15, -0.1) is 0 Å². The first kappa shape index (κ1) is 15.7. The van der Waals surface area contributed by atoms with E-state index in [1.807, 2.05) is 13.0 Å². The number of esters is 1. The van der Waals surface area contributed by atoms with E-state index in [4.69, 9.17) is 18.9 Å². The summed E-state index contributed by atoms with van der Waals surface area (Å²) in [6.07, 6.45) is 0. The summed E-state index contributed by atoms with van der Waals surface area (Å²) in [5, 5.41) is 0. The van der Waals surface area contributed by atoms with Crippen LogP contribution in [0.3, 0.4) is 0 Å². The van der Waals surface area contributed by atoms with Crippen molar-refractivity contribution < 1.29 is 23.7 Å². The zero-order valence-corrected chi connectivity index (χ0v) is 14.1. The van der Waals surface area contributed by atoms with Crippen molar-refractivity contribution in [3.8, 4) is 17.2 Å². The molecule has 0 spiro atoms. The van der Waals surface area contributed by atoms with Crippen LogP contribution in [0.4, 0.5) is 0 Å². The van der Waals surface area contributed by atoms with Crippen LogP contribution in [0.25, 0.3) is 0 Å². The Labute approximate surface area is 142 Å². The molecule has 6 heteroatoms. The molecule has 5 nitrogen and oxygen atoms in total. The topological polar surface area (TPSA) is 54.0 Å². The molecular formula is C17H15BrO5. The maximum atomic E-state index is 12.3. The van der Waals surface area contributed by atoms with E-state index >= 15 is 0 Å². The Kier molecular flexibility index (Phi) is 4.71. The van der Waals surface area contributed by atoms with Crippen LogP contribution in [0, 0.1) is 0 Å². The molecule has 0 fully saturated rings.